The molecule has 2 rings (SSSR count). The van der Waals surface area contributed by atoms with Gasteiger partial charge in [0.15, 0.2) is 23.3 Å². The van der Waals surface area contributed by atoms with Gasteiger partial charge in [-0.1, -0.05) is 13.0 Å². The maximum Gasteiger partial charge on any atom is 0.417 e. The first-order valence-electron chi connectivity index (χ1n) is 6.95. The van der Waals surface area contributed by atoms with Crippen LogP contribution in [0, 0.1) is 17.6 Å². The van der Waals surface area contributed by atoms with Gasteiger partial charge in [-0.25, -0.2) is 9.18 Å². The molecule has 1 heterocycles. The van der Waals surface area contributed by atoms with Crippen molar-refractivity contribution < 1.29 is 41.3 Å². The summed E-state index contributed by atoms with van der Waals surface area (Å²) in [5.74, 6) is -7.67. The predicted octanol–water partition coefficient (Wildman–Crippen LogP) is 3.50. The zero-order chi connectivity index (χ0) is 18.4. The number of ether oxygens (including phenoxy) is 2. The lowest BCUT2D eigenvalue weighted by Crippen LogP contribution is -2.47. The van der Waals surface area contributed by atoms with Crippen LogP contribution in [-0.2, 0) is 9.53 Å². The summed E-state index contributed by atoms with van der Waals surface area (Å²) in [4.78, 5) is 11.4. The lowest BCUT2D eigenvalue weighted by molar-refractivity contribution is -0.273. The summed E-state index contributed by atoms with van der Waals surface area (Å²) in [6.45, 7) is 1.89. The molecule has 0 bridgehead atoms. The standard InChI is InChI=1S/C15H15F5O4/c1-6-9(7-4-5-8(16)10(17)11(7)23-3)12(13(21)22)24-14(6,2)15(18,19)20/h4-6,9,12H,1-3H3,(H,21,22)/t6-,9?,12+,14+/m0/s1. The number of halogens is 5. The number of aliphatic carboxylic acids is 1. The van der Waals surface area contributed by atoms with E-state index in [2.05, 4.69) is 0 Å². The molecule has 1 unspecified atom stereocenters. The number of carbonyl (C=O) groups is 1. The molecule has 1 aromatic rings. The Hall–Kier alpha value is -1.90. The lowest BCUT2D eigenvalue weighted by atomic mass is 9.77. The van der Waals surface area contributed by atoms with E-state index in [0.29, 0.717) is 6.07 Å². The molecule has 134 valence electrons. The molecule has 1 aliphatic heterocycles. The summed E-state index contributed by atoms with van der Waals surface area (Å²) >= 11 is 0. The van der Waals surface area contributed by atoms with Gasteiger partial charge in [-0.05, 0) is 13.0 Å². The Kier molecular flexibility index (Phi) is 4.51. The van der Waals surface area contributed by atoms with E-state index in [-0.39, 0.29) is 5.56 Å². The number of benzene rings is 1. The normalized spacial score (nSPS) is 30.4. The number of rotatable bonds is 3. The van der Waals surface area contributed by atoms with Crippen molar-refractivity contribution in [1.29, 1.82) is 0 Å². The van der Waals surface area contributed by atoms with Crippen LogP contribution in [0.3, 0.4) is 0 Å². The summed E-state index contributed by atoms with van der Waals surface area (Å²) < 4.78 is 76.9. The lowest BCUT2D eigenvalue weighted by Gasteiger charge is -2.31. The molecular weight excluding hydrogens is 339 g/mol. The molecule has 0 aromatic heterocycles. The Labute approximate surface area is 134 Å². The number of hydrogen-bond acceptors (Lipinski definition) is 3. The third-order valence-electron chi connectivity index (χ3n) is 4.56. The monoisotopic (exact) mass is 354 g/mol. The molecule has 1 aliphatic rings. The summed E-state index contributed by atoms with van der Waals surface area (Å²) in [7, 11) is 1.01. The van der Waals surface area contributed by atoms with Gasteiger partial charge in [0.25, 0.3) is 0 Å². The molecule has 0 aliphatic carbocycles. The third-order valence-corrected chi connectivity index (χ3v) is 4.56. The van der Waals surface area contributed by atoms with Gasteiger partial charge in [0, 0.05) is 17.4 Å². The molecule has 1 saturated heterocycles. The van der Waals surface area contributed by atoms with Gasteiger partial charge in [0.05, 0.1) is 7.11 Å². The number of carboxylic acids is 1. The Bertz CT molecular complexity index is 660. The summed E-state index contributed by atoms with van der Waals surface area (Å²) in [6, 6.07) is 1.72. The Morgan fingerprint density at radius 3 is 2.38 bits per heavy atom. The first-order chi connectivity index (χ1) is 11.0. The van der Waals surface area contributed by atoms with E-state index in [1.54, 1.807) is 0 Å². The number of carboxylic acid groups (broad SMARTS) is 1. The minimum atomic E-state index is -4.85. The van der Waals surface area contributed by atoms with Crippen molar-refractivity contribution in [2.75, 3.05) is 7.11 Å². The fourth-order valence-corrected chi connectivity index (χ4v) is 3.03. The smallest absolute Gasteiger partial charge is 0.417 e. The van der Waals surface area contributed by atoms with Crippen molar-refractivity contribution >= 4 is 5.97 Å². The molecule has 0 radical (unpaired) electrons. The molecule has 24 heavy (non-hydrogen) atoms. The molecule has 9 heteroatoms. The highest BCUT2D eigenvalue weighted by molar-refractivity contribution is 5.75. The highest BCUT2D eigenvalue weighted by Crippen LogP contribution is 2.54. The Morgan fingerprint density at radius 1 is 1.33 bits per heavy atom. The number of hydrogen-bond donors (Lipinski definition) is 1. The van der Waals surface area contributed by atoms with Crippen molar-refractivity contribution in [3.05, 3.63) is 29.3 Å². The third kappa shape index (κ3) is 2.60. The van der Waals surface area contributed by atoms with E-state index < -0.39 is 53.1 Å². The number of alkyl halides is 3. The molecule has 4 nitrogen and oxygen atoms in total. The fourth-order valence-electron chi connectivity index (χ4n) is 3.03. The highest BCUT2D eigenvalue weighted by atomic mass is 19.4. The maximum atomic E-state index is 13.9. The van der Waals surface area contributed by atoms with E-state index in [4.69, 9.17) is 9.47 Å². The van der Waals surface area contributed by atoms with Crippen LogP contribution in [0.25, 0.3) is 0 Å². The van der Waals surface area contributed by atoms with Crippen LogP contribution in [0.5, 0.6) is 5.75 Å². The van der Waals surface area contributed by atoms with E-state index >= 15 is 0 Å². The predicted molar refractivity (Wildman–Crippen MR) is 71.8 cm³/mol. The minimum Gasteiger partial charge on any atom is -0.493 e. The minimum absolute atomic E-state index is 0.190. The SMILES string of the molecule is COc1c(C2[C@H](C(=O)O)O[C@@](C)(C(F)(F)F)[C@H]2C)ccc(F)c1F. The molecule has 0 amide bonds. The van der Waals surface area contributed by atoms with Crippen molar-refractivity contribution in [3.8, 4) is 5.75 Å². The summed E-state index contributed by atoms with van der Waals surface area (Å²) in [6.07, 6.45) is -6.73. The second kappa shape index (κ2) is 5.87. The van der Waals surface area contributed by atoms with E-state index in [1.165, 1.54) is 0 Å². The van der Waals surface area contributed by atoms with Gasteiger partial charge in [-0.2, -0.15) is 17.6 Å². The van der Waals surface area contributed by atoms with E-state index in [9.17, 15) is 31.9 Å². The van der Waals surface area contributed by atoms with Gasteiger partial charge >= 0.3 is 12.1 Å². The quantitative estimate of drug-likeness (QED) is 0.845. The van der Waals surface area contributed by atoms with E-state index in [0.717, 1.165) is 27.0 Å². The average Bonchev–Trinajstić information content (AvgIpc) is 2.75. The molecule has 1 fully saturated rings. The topological polar surface area (TPSA) is 55.8 Å². The zero-order valence-corrected chi connectivity index (χ0v) is 12.9. The Balaban J connectivity index is 2.64. The fraction of sp³-hybridized carbons (Fsp3) is 0.533. The maximum absolute atomic E-state index is 13.9. The van der Waals surface area contributed by atoms with Crippen molar-refractivity contribution in [2.24, 2.45) is 5.92 Å². The van der Waals surface area contributed by atoms with Crippen LogP contribution < -0.4 is 4.74 Å². The van der Waals surface area contributed by atoms with Crippen molar-refractivity contribution in [2.45, 2.75) is 37.6 Å². The van der Waals surface area contributed by atoms with Gasteiger partial charge in [-0.15, -0.1) is 0 Å². The van der Waals surface area contributed by atoms with Crippen molar-refractivity contribution in [1.82, 2.24) is 0 Å². The second-order valence-electron chi connectivity index (χ2n) is 5.78. The van der Waals surface area contributed by atoms with Crippen LogP contribution in [-0.4, -0.2) is 36.1 Å². The first kappa shape index (κ1) is 18.4. The number of methoxy groups -OCH3 is 1. The van der Waals surface area contributed by atoms with Crippen LogP contribution in [0.2, 0.25) is 0 Å². The summed E-state index contributed by atoms with van der Waals surface area (Å²) in [5, 5.41) is 9.25. The molecule has 0 saturated carbocycles. The van der Waals surface area contributed by atoms with Gasteiger partial charge in [0.2, 0.25) is 5.82 Å². The van der Waals surface area contributed by atoms with E-state index in [1.807, 2.05) is 0 Å². The van der Waals surface area contributed by atoms with Crippen molar-refractivity contribution in [3.63, 3.8) is 0 Å². The average molecular weight is 354 g/mol. The Morgan fingerprint density at radius 2 is 1.92 bits per heavy atom. The molecule has 0 spiro atoms. The first-order valence-corrected chi connectivity index (χ1v) is 6.95. The summed E-state index contributed by atoms with van der Waals surface area (Å²) in [5.41, 5.74) is -2.94. The highest BCUT2D eigenvalue weighted by Gasteiger charge is 2.66. The van der Waals surface area contributed by atoms with Gasteiger partial charge in [0.1, 0.15) is 0 Å². The molecule has 1 N–H and O–H groups in total. The van der Waals surface area contributed by atoms with Crippen LogP contribution in [0.4, 0.5) is 22.0 Å². The van der Waals surface area contributed by atoms with Gasteiger partial charge < -0.3 is 14.6 Å². The second-order valence-corrected chi connectivity index (χ2v) is 5.78. The van der Waals surface area contributed by atoms with Gasteiger partial charge in [-0.3, -0.25) is 0 Å². The largest absolute Gasteiger partial charge is 0.493 e. The molecule has 4 atom stereocenters. The zero-order valence-electron chi connectivity index (χ0n) is 12.9. The molecule has 1 aromatic carbocycles. The molecular formula is C15H15F5O4. The van der Waals surface area contributed by atoms with Crippen LogP contribution in [0.15, 0.2) is 12.1 Å². The van der Waals surface area contributed by atoms with Crippen LogP contribution in [0.1, 0.15) is 25.3 Å². The van der Waals surface area contributed by atoms with Crippen LogP contribution >= 0.6 is 0 Å².